The van der Waals surface area contributed by atoms with Gasteiger partial charge < -0.3 is 5.73 Å². The molecule has 0 radical (unpaired) electrons. The van der Waals surface area contributed by atoms with Crippen LogP contribution in [0.25, 0.3) is 0 Å². The zero-order valence-electron chi connectivity index (χ0n) is 11.3. The summed E-state index contributed by atoms with van der Waals surface area (Å²) in [6, 6.07) is 7.85. The van der Waals surface area contributed by atoms with Gasteiger partial charge in [0.1, 0.15) is 5.82 Å². The standard InChI is InChI=1S/C15H22FN3/c16-13-3-1-12(2-4-13)15(11-17)19-9-7-18(8-10-19)14-5-6-14/h1-4,14-15H,5-11,17H2. The molecule has 0 aromatic heterocycles. The van der Waals surface area contributed by atoms with Gasteiger partial charge in [-0.1, -0.05) is 12.1 Å². The zero-order valence-corrected chi connectivity index (χ0v) is 11.3. The molecule has 1 saturated carbocycles. The lowest BCUT2D eigenvalue weighted by Crippen LogP contribution is -2.49. The highest BCUT2D eigenvalue weighted by atomic mass is 19.1. The van der Waals surface area contributed by atoms with Crippen LogP contribution in [0, 0.1) is 5.82 Å². The number of piperazine rings is 1. The van der Waals surface area contributed by atoms with Gasteiger partial charge in [0, 0.05) is 44.8 Å². The highest BCUT2D eigenvalue weighted by molar-refractivity contribution is 5.20. The first-order chi connectivity index (χ1) is 9.28. The minimum absolute atomic E-state index is 0.182. The smallest absolute Gasteiger partial charge is 0.123 e. The third kappa shape index (κ3) is 2.96. The van der Waals surface area contributed by atoms with Crippen molar-refractivity contribution >= 4 is 0 Å². The van der Waals surface area contributed by atoms with E-state index in [0.29, 0.717) is 6.54 Å². The first-order valence-corrected chi connectivity index (χ1v) is 7.21. The molecule has 2 N–H and O–H groups in total. The summed E-state index contributed by atoms with van der Waals surface area (Å²) >= 11 is 0. The van der Waals surface area contributed by atoms with Gasteiger partial charge in [0.05, 0.1) is 0 Å². The fraction of sp³-hybridized carbons (Fsp3) is 0.600. The molecule has 0 amide bonds. The molecule has 1 unspecified atom stereocenters. The number of hydrogen-bond donors (Lipinski definition) is 1. The van der Waals surface area contributed by atoms with Crippen molar-refractivity contribution < 1.29 is 4.39 Å². The molecule has 4 heteroatoms. The average Bonchev–Trinajstić information content (AvgIpc) is 3.27. The Kier molecular flexibility index (Phi) is 3.82. The van der Waals surface area contributed by atoms with Crippen molar-refractivity contribution in [3.8, 4) is 0 Å². The van der Waals surface area contributed by atoms with E-state index in [9.17, 15) is 4.39 Å². The second kappa shape index (κ2) is 5.57. The molecule has 3 rings (SSSR count). The Bertz CT molecular complexity index is 408. The summed E-state index contributed by atoms with van der Waals surface area (Å²) in [5, 5.41) is 0. The largest absolute Gasteiger partial charge is 0.329 e. The Morgan fingerprint density at radius 2 is 1.74 bits per heavy atom. The van der Waals surface area contributed by atoms with Gasteiger partial charge in [0.2, 0.25) is 0 Å². The Balaban J connectivity index is 1.64. The van der Waals surface area contributed by atoms with E-state index in [1.807, 2.05) is 12.1 Å². The van der Waals surface area contributed by atoms with Crippen LogP contribution in [0.4, 0.5) is 4.39 Å². The molecule has 2 fully saturated rings. The quantitative estimate of drug-likeness (QED) is 0.895. The molecule has 1 heterocycles. The summed E-state index contributed by atoms with van der Waals surface area (Å²) in [5.74, 6) is -0.182. The maximum absolute atomic E-state index is 13.0. The van der Waals surface area contributed by atoms with Gasteiger partial charge in [0.15, 0.2) is 0 Å². The number of rotatable bonds is 4. The SMILES string of the molecule is NCC(c1ccc(F)cc1)N1CCN(C2CC2)CC1. The second-order valence-corrected chi connectivity index (χ2v) is 5.61. The monoisotopic (exact) mass is 263 g/mol. The van der Waals surface area contributed by atoms with Crippen LogP contribution in [-0.4, -0.2) is 48.6 Å². The van der Waals surface area contributed by atoms with E-state index in [1.54, 1.807) is 0 Å². The molecule has 1 aliphatic heterocycles. The van der Waals surface area contributed by atoms with Crippen molar-refractivity contribution in [1.82, 2.24) is 9.80 Å². The number of nitrogens with two attached hydrogens (primary N) is 1. The van der Waals surface area contributed by atoms with Crippen molar-refractivity contribution in [3.05, 3.63) is 35.6 Å². The summed E-state index contributed by atoms with van der Waals surface area (Å²) in [6.45, 7) is 5.01. The summed E-state index contributed by atoms with van der Waals surface area (Å²) in [4.78, 5) is 5.03. The molecule has 1 aromatic carbocycles. The zero-order chi connectivity index (χ0) is 13.2. The Morgan fingerprint density at radius 3 is 2.26 bits per heavy atom. The van der Waals surface area contributed by atoms with E-state index in [4.69, 9.17) is 5.73 Å². The fourth-order valence-corrected chi connectivity index (χ4v) is 3.03. The first kappa shape index (κ1) is 13.0. The average molecular weight is 263 g/mol. The van der Waals surface area contributed by atoms with Gasteiger partial charge in [-0.15, -0.1) is 0 Å². The number of halogens is 1. The van der Waals surface area contributed by atoms with Crippen molar-refractivity contribution in [2.75, 3.05) is 32.7 Å². The van der Waals surface area contributed by atoms with Gasteiger partial charge in [-0.3, -0.25) is 9.80 Å². The van der Waals surface area contributed by atoms with E-state index in [2.05, 4.69) is 9.80 Å². The van der Waals surface area contributed by atoms with E-state index >= 15 is 0 Å². The van der Waals surface area contributed by atoms with Gasteiger partial charge >= 0.3 is 0 Å². The summed E-state index contributed by atoms with van der Waals surface area (Å²) in [5.41, 5.74) is 7.06. The van der Waals surface area contributed by atoms with Crippen LogP contribution in [0.3, 0.4) is 0 Å². The maximum Gasteiger partial charge on any atom is 0.123 e. The lowest BCUT2D eigenvalue weighted by molar-refractivity contribution is 0.0938. The van der Waals surface area contributed by atoms with Crippen molar-refractivity contribution in [2.45, 2.75) is 24.9 Å². The molecular weight excluding hydrogens is 241 g/mol. The third-order valence-electron chi connectivity index (χ3n) is 4.33. The molecule has 19 heavy (non-hydrogen) atoms. The highest BCUT2D eigenvalue weighted by Crippen LogP contribution is 2.29. The molecule has 0 bridgehead atoms. The predicted molar refractivity (Wildman–Crippen MR) is 74.4 cm³/mol. The predicted octanol–water partition coefficient (Wildman–Crippen LogP) is 1.61. The van der Waals surface area contributed by atoms with Crippen molar-refractivity contribution in [1.29, 1.82) is 0 Å². The van der Waals surface area contributed by atoms with Crippen LogP contribution in [0.1, 0.15) is 24.4 Å². The van der Waals surface area contributed by atoms with Crippen LogP contribution in [-0.2, 0) is 0 Å². The molecule has 0 spiro atoms. The Morgan fingerprint density at radius 1 is 1.11 bits per heavy atom. The number of benzene rings is 1. The molecule has 3 nitrogen and oxygen atoms in total. The van der Waals surface area contributed by atoms with Crippen LogP contribution in [0.15, 0.2) is 24.3 Å². The van der Waals surface area contributed by atoms with E-state index < -0.39 is 0 Å². The molecule has 1 aliphatic carbocycles. The van der Waals surface area contributed by atoms with Crippen LogP contribution in [0.5, 0.6) is 0 Å². The molecule has 1 atom stereocenters. The maximum atomic E-state index is 13.0. The molecule has 1 aromatic rings. The molecule has 1 saturated heterocycles. The highest BCUT2D eigenvalue weighted by Gasteiger charge is 2.32. The molecule has 2 aliphatic rings. The van der Waals surface area contributed by atoms with Gasteiger partial charge in [-0.25, -0.2) is 4.39 Å². The van der Waals surface area contributed by atoms with Crippen LogP contribution in [0.2, 0.25) is 0 Å². The minimum atomic E-state index is -0.182. The van der Waals surface area contributed by atoms with Gasteiger partial charge in [-0.2, -0.15) is 0 Å². The van der Waals surface area contributed by atoms with Gasteiger partial charge in [-0.05, 0) is 30.5 Å². The van der Waals surface area contributed by atoms with E-state index in [1.165, 1.54) is 25.0 Å². The summed E-state index contributed by atoms with van der Waals surface area (Å²) < 4.78 is 13.0. The Labute approximate surface area is 114 Å². The van der Waals surface area contributed by atoms with Crippen molar-refractivity contribution in [2.24, 2.45) is 5.73 Å². The normalized spacial score (nSPS) is 23.5. The lowest BCUT2D eigenvalue weighted by atomic mass is 10.0. The fourth-order valence-electron chi connectivity index (χ4n) is 3.03. The van der Waals surface area contributed by atoms with Crippen molar-refractivity contribution in [3.63, 3.8) is 0 Å². The van der Waals surface area contributed by atoms with E-state index in [0.717, 1.165) is 37.8 Å². The minimum Gasteiger partial charge on any atom is -0.329 e. The number of nitrogens with zero attached hydrogens (tertiary/aromatic N) is 2. The van der Waals surface area contributed by atoms with Crippen LogP contribution >= 0.6 is 0 Å². The number of hydrogen-bond acceptors (Lipinski definition) is 3. The lowest BCUT2D eigenvalue weighted by Gasteiger charge is -2.39. The third-order valence-corrected chi connectivity index (χ3v) is 4.33. The van der Waals surface area contributed by atoms with Gasteiger partial charge in [0.25, 0.3) is 0 Å². The second-order valence-electron chi connectivity index (χ2n) is 5.61. The topological polar surface area (TPSA) is 32.5 Å². The van der Waals surface area contributed by atoms with E-state index in [-0.39, 0.29) is 11.9 Å². The molecule has 104 valence electrons. The molecular formula is C15H22FN3. The first-order valence-electron chi connectivity index (χ1n) is 7.21. The Hall–Kier alpha value is -0.970. The van der Waals surface area contributed by atoms with Crippen LogP contribution < -0.4 is 5.73 Å². The summed E-state index contributed by atoms with van der Waals surface area (Å²) in [7, 11) is 0. The summed E-state index contributed by atoms with van der Waals surface area (Å²) in [6.07, 6.45) is 2.75.